The maximum Gasteiger partial charge on any atom is 0.262 e. The number of benzene rings is 2. The third-order valence-corrected chi connectivity index (χ3v) is 7.69. The lowest BCUT2D eigenvalue weighted by molar-refractivity contribution is 0.397. The normalized spacial score (nSPS) is 11.3. The Labute approximate surface area is 213 Å². The molecule has 0 bridgehead atoms. The summed E-state index contributed by atoms with van der Waals surface area (Å²) in [5.41, 5.74) is 3.06. The third-order valence-electron chi connectivity index (χ3n) is 6.43. The molecule has 0 unspecified atom stereocenters. The fourth-order valence-corrected chi connectivity index (χ4v) is 5.60. The second-order valence-corrected chi connectivity index (χ2v) is 9.69. The van der Waals surface area contributed by atoms with Gasteiger partial charge >= 0.3 is 0 Å². The SMILES string of the molecule is COc1ccc(CNCCc2sc3ncn(Cc4c(OC)ccc5ccccc45)c(=O)c3c2C)cn1. The first-order valence-corrected chi connectivity index (χ1v) is 12.6. The van der Waals surface area contributed by atoms with E-state index in [1.54, 1.807) is 36.5 Å². The largest absolute Gasteiger partial charge is 0.496 e. The molecule has 0 radical (unpaired) electrons. The lowest BCUT2D eigenvalue weighted by atomic mass is 10.0. The molecule has 5 rings (SSSR count). The first kappa shape index (κ1) is 24.0. The number of thiophene rings is 1. The lowest BCUT2D eigenvalue weighted by Gasteiger charge is -2.13. The molecule has 0 saturated carbocycles. The maximum atomic E-state index is 13.5. The predicted octanol–water partition coefficient (Wildman–Crippen LogP) is 4.71. The second-order valence-electron chi connectivity index (χ2n) is 8.61. The zero-order valence-corrected chi connectivity index (χ0v) is 21.4. The number of aryl methyl sites for hydroxylation is 1. The van der Waals surface area contributed by atoms with Crippen LogP contribution in [-0.2, 0) is 19.5 Å². The molecule has 184 valence electrons. The predicted molar refractivity (Wildman–Crippen MR) is 144 cm³/mol. The number of rotatable bonds is 9. The van der Waals surface area contributed by atoms with Crippen molar-refractivity contribution in [2.45, 2.75) is 26.4 Å². The van der Waals surface area contributed by atoms with Gasteiger partial charge in [0.25, 0.3) is 5.56 Å². The summed E-state index contributed by atoms with van der Waals surface area (Å²) in [6.07, 6.45) is 4.29. The lowest BCUT2D eigenvalue weighted by Crippen LogP contribution is -2.21. The smallest absolute Gasteiger partial charge is 0.262 e. The van der Waals surface area contributed by atoms with Crippen molar-refractivity contribution < 1.29 is 9.47 Å². The number of hydrogen-bond acceptors (Lipinski definition) is 7. The molecular formula is C28H28N4O3S. The van der Waals surface area contributed by atoms with Crippen LogP contribution in [0.4, 0.5) is 0 Å². The van der Waals surface area contributed by atoms with Crippen molar-refractivity contribution in [2.24, 2.45) is 0 Å². The number of nitrogens with one attached hydrogen (secondary N) is 1. The Morgan fingerprint density at radius 3 is 2.67 bits per heavy atom. The minimum absolute atomic E-state index is 0.0211. The zero-order valence-electron chi connectivity index (χ0n) is 20.6. The molecule has 0 fully saturated rings. The molecule has 3 heterocycles. The highest BCUT2D eigenvalue weighted by Crippen LogP contribution is 2.30. The molecule has 5 aromatic rings. The molecule has 3 aromatic heterocycles. The van der Waals surface area contributed by atoms with Gasteiger partial charge in [0.15, 0.2) is 0 Å². The van der Waals surface area contributed by atoms with E-state index in [2.05, 4.69) is 27.4 Å². The molecule has 0 aliphatic carbocycles. The van der Waals surface area contributed by atoms with Crippen LogP contribution >= 0.6 is 11.3 Å². The molecule has 36 heavy (non-hydrogen) atoms. The first-order valence-electron chi connectivity index (χ1n) is 11.8. The van der Waals surface area contributed by atoms with Gasteiger partial charge in [-0.2, -0.15) is 0 Å². The Balaban J connectivity index is 1.35. The average molecular weight is 501 g/mol. The van der Waals surface area contributed by atoms with Crippen LogP contribution in [0.1, 0.15) is 21.6 Å². The van der Waals surface area contributed by atoms with Gasteiger partial charge in [0.2, 0.25) is 5.88 Å². The number of methoxy groups -OCH3 is 2. The van der Waals surface area contributed by atoms with Crippen molar-refractivity contribution in [1.82, 2.24) is 19.9 Å². The van der Waals surface area contributed by atoms with Gasteiger partial charge in [-0.3, -0.25) is 9.36 Å². The standard InChI is InChI=1S/C28H28N4O3S/c1-18-24(12-13-29-14-19-8-11-25(35-3)30-15-19)36-27-26(18)28(33)32(17-31-27)16-22-21-7-5-4-6-20(21)9-10-23(22)34-2/h4-11,15,17,29H,12-14,16H2,1-3H3. The van der Waals surface area contributed by atoms with Crippen LogP contribution in [0.5, 0.6) is 11.6 Å². The Bertz CT molecular complexity index is 1570. The zero-order chi connectivity index (χ0) is 25.1. The summed E-state index contributed by atoms with van der Waals surface area (Å²) >= 11 is 1.60. The summed E-state index contributed by atoms with van der Waals surface area (Å²) in [6, 6.07) is 16.0. The fraction of sp³-hybridized carbons (Fsp3) is 0.250. The molecule has 0 saturated heterocycles. The molecule has 0 aliphatic rings. The molecule has 0 aliphatic heterocycles. The Hall–Kier alpha value is -3.75. The van der Waals surface area contributed by atoms with Crippen LogP contribution in [0.25, 0.3) is 21.0 Å². The van der Waals surface area contributed by atoms with Crippen molar-refractivity contribution in [2.75, 3.05) is 20.8 Å². The van der Waals surface area contributed by atoms with Crippen molar-refractivity contribution in [3.63, 3.8) is 0 Å². The van der Waals surface area contributed by atoms with Gasteiger partial charge in [-0.05, 0) is 41.3 Å². The van der Waals surface area contributed by atoms with Gasteiger partial charge in [-0.25, -0.2) is 9.97 Å². The van der Waals surface area contributed by atoms with Gasteiger partial charge in [0.05, 0.1) is 32.5 Å². The van der Waals surface area contributed by atoms with Crippen molar-refractivity contribution in [1.29, 1.82) is 0 Å². The maximum absolute atomic E-state index is 13.5. The van der Waals surface area contributed by atoms with Crippen molar-refractivity contribution >= 4 is 32.3 Å². The van der Waals surface area contributed by atoms with Gasteiger partial charge < -0.3 is 14.8 Å². The van der Waals surface area contributed by atoms with E-state index in [4.69, 9.17) is 9.47 Å². The monoisotopic (exact) mass is 500 g/mol. The Morgan fingerprint density at radius 1 is 1.03 bits per heavy atom. The molecule has 0 atom stereocenters. The summed E-state index contributed by atoms with van der Waals surface area (Å²) in [5, 5.41) is 6.35. The molecule has 8 heteroatoms. The number of aromatic nitrogens is 3. The van der Waals surface area contributed by atoms with E-state index in [-0.39, 0.29) is 5.56 Å². The topological polar surface area (TPSA) is 78.3 Å². The summed E-state index contributed by atoms with van der Waals surface area (Å²) in [7, 11) is 3.27. The van der Waals surface area contributed by atoms with Crippen molar-refractivity contribution in [3.8, 4) is 11.6 Å². The van der Waals surface area contributed by atoms with E-state index in [1.165, 1.54) is 4.88 Å². The average Bonchev–Trinajstić information content (AvgIpc) is 3.24. The molecule has 7 nitrogen and oxygen atoms in total. The highest BCUT2D eigenvalue weighted by molar-refractivity contribution is 7.18. The molecule has 0 amide bonds. The second kappa shape index (κ2) is 10.5. The van der Waals surface area contributed by atoms with Crippen LogP contribution in [0.3, 0.4) is 0 Å². The molecule has 2 aromatic carbocycles. The number of nitrogens with zero attached hydrogens (tertiary/aromatic N) is 3. The Morgan fingerprint density at radius 2 is 1.89 bits per heavy atom. The van der Waals surface area contributed by atoms with Crippen LogP contribution in [0.15, 0.2) is 65.8 Å². The van der Waals surface area contributed by atoms with Crippen molar-refractivity contribution in [3.05, 3.63) is 93.0 Å². The van der Waals surface area contributed by atoms with Crippen LogP contribution in [0.2, 0.25) is 0 Å². The van der Waals surface area contributed by atoms with E-state index in [9.17, 15) is 4.79 Å². The van der Waals surface area contributed by atoms with Gasteiger partial charge in [-0.15, -0.1) is 11.3 Å². The number of hydrogen-bond donors (Lipinski definition) is 1. The number of fused-ring (bicyclic) bond motifs is 2. The summed E-state index contributed by atoms with van der Waals surface area (Å²) in [6.45, 7) is 3.93. The number of ether oxygens (including phenoxy) is 2. The fourth-order valence-electron chi connectivity index (χ4n) is 4.47. The summed E-state index contributed by atoms with van der Waals surface area (Å²) in [5.74, 6) is 1.37. The third kappa shape index (κ3) is 4.69. The highest BCUT2D eigenvalue weighted by Gasteiger charge is 2.16. The quantitative estimate of drug-likeness (QED) is 0.295. The Kier molecular flexibility index (Phi) is 6.97. The van der Waals surface area contributed by atoms with Gasteiger partial charge in [-0.1, -0.05) is 36.4 Å². The first-order chi connectivity index (χ1) is 17.6. The van der Waals surface area contributed by atoms with Crippen LogP contribution in [0, 0.1) is 6.92 Å². The minimum atomic E-state index is -0.0211. The summed E-state index contributed by atoms with van der Waals surface area (Å²) in [4.78, 5) is 24.4. The van der Waals surface area contributed by atoms with E-state index in [0.717, 1.165) is 57.6 Å². The van der Waals surface area contributed by atoms with E-state index in [1.807, 2.05) is 49.5 Å². The van der Waals surface area contributed by atoms with E-state index in [0.29, 0.717) is 17.8 Å². The minimum Gasteiger partial charge on any atom is -0.496 e. The highest BCUT2D eigenvalue weighted by atomic mass is 32.1. The summed E-state index contributed by atoms with van der Waals surface area (Å²) < 4.78 is 12.4. The molecule has 0 spiro atoms. The molecule has 1 N–H and O–H groups in total. The van der Waals surface area contributed by atoms with Gasteiger partial charge in [0.1, 0.15) is 10.6 Å². The van der Waals surface area contributed by atoms with Crippen LogP contribution in [-0.4, -0.2) is 35.3 Å². The van der Waals surface area contributed by atoms with Gasteiger partial charge in [0, 0.05) is 35.8 Å². The van der Waals surface area contributed by atoms with Crippen LogP contribution < -0.4 is 20.3 Å². The molecular weight excluding hydrogens is 472 g/mol. The number of pyridine rings is 1. The van der Waals surface area contributed by atoms with E-state index >= 15 is 0 Å². The van der Waals surface area contributed by atoms with E-state index < -0.39 is 0 Å².